The molecule has 0 radical (unpaired) electrons. The van der Waals surface area contributed by atoms with Crippen molar-refractivity contribution in [2.45, 2.75) is 26.4 Å². The van der Waals surface area contributed by atoms with Crippen LogP contribution in [0.15, 0.2) is 24.3 Å². The van der Waals surface area contributed by atoms with Crippen molar-refractivity contribution in [1.29, 1.82) is 0 Å². The zero-order valence-corrected chi connectivity index (χ0v) is 7.25. The highest BCUT2D eigenvalue weighted by Gasteiger charge is 2.20. The average Bonchev–Trinajstić information content (AvgIpc) is 1.94. The van der Waals surface area contributed by atoms with Crippen molar-refractivity contribution in [3.63, 3.8) is 0 Å². The fourth-order valence-corrected chi connectivity index (χ4v) is 1.34. The molecule has 1 N–H and O–H groups in total. The monoisotopic (exact) mass is 152 g/mol. The Balaban J connectivity index is 2.63. The van der Waals surface area contributed by atoms with E-state index in [0.29, 0.717) is 11.8 Å². The summed E-state index contributed by atoms with van der Waals surface area (Å²) in [7, 11) is 0. The fourth-order valence-electron chi connectivity index (χ4n) is 1.34. The molecule has 2 atom stereocenters. The van der Waals surface area contributed by atoms with Gasteiger partial charge in [0.1, 0.15) is 0 Å². The van der Waals surface area contributed by atoms with Crippen molar-refractivity contribution >= 4 is 0 Å². The van der Waals surface area contributed by atoms with Crippen LogP contribution in [0.25, 0.3) is 0 Å². The van der Waals surface area contributed by atoms with Gasteiger partial charge in [0.25, 0.3) is 0 Å². The molecule has 0 fully saturated rings. The van der Waals surface area contributed by atoms with Gasteiger partial charge in [-0.3, -0.25) is 0 Å². The van der Waals surface area contributed by atoms with Crippen LogP contribution < -0.4 is 0 Å². The Morgan fingerprint density at radius 1 is 1.64 bits per heavy atom. The van der Waals surface area contributed by atoms with Crippen LogP contribution in [-0.4, -0.2) is 11.2 Å². The van der Waals surface area contributed by atoms with Crippen LogP contribution in [0.3, 0.4) is 0 Å². The number of aliphatic hydroxyl groups is 1. The molecule has 0 spiro atoms. The summed E-state index contributed by atoms with van der Waals surface area (Å²) >= 11 is 0. The second kappa shape index (κ2) is 3.22. The first-order valence-corrected chi connectivity index (χ1v) is 4.16. The van der Waals surface area contributed by atoms with E-state index in [1.807, 2.05) is 6.08 Å². The van der Waals surface area contributed by atoms with E-state index in [1.54, 1.807) is 0 Å². The molecule has 1 nitrogen and oxygen atoms in total. The first-order chi connectivity index (χ1) is 5.11. The van der Waals surface area contributed by atoms with E-state index in [4.69, 9.17) is 0 Å². The Bertz CT molecular complexity index is 179. The maximum absolute atomic E-state index is 9.45. The van der Waals surface area contributed by atoms with E-state index in [2.05, 4.69) is 26.5 Å². The maximum atomic E-state index is 9.45. The Morgan fingerprint density at radius 3 is 2.73 bits per heavy atom. The van der Waals surface area contributed by atoms with Gasteiger partial charge >= 0.3 is 0 Å². The molecule has 0 saturated carbocycles. The summed E-state index contributed by atoms with van der Waals surface area (Å²) in [6, 6.07) is 0. The quantitative estimate of drug-likeness (QED) is 0.610. The van der Waals surface area contributed by atoms with Gasteiger partial charge < -0.3 is 5.11 Å². The lowest BCUT2D eigenvalue weighted by molar-refractivity contribution is 0.172. The second-order valence-electron chi connectivity index (χ2n) is 3.59. The standard InChI is InChI=1S/C10H16O/c1-7(2)9-5-4-8(3)10(11)6-9/h4-5,7,9-11H,3,6H2,1-2H3. The molecule has 62 valence electrons. The molecular formula is C10H16O. The van der Waals surface area contributed by atoms with Crippen molar-refractivity contribution in [2.75, 3.05) is 0 Å². The van der Waals surface area contributed by atoms with Crippen molar-refractivity contribution in [2.24, 2.45) is 11.8 Å². The third kappa shape index (κ3) is 1.93. The van der Waals surface area contributed by atoms with Gasteiger partial charge in [-0.2, -0.15) is 0 Å². The lowest BCUT2D eigenvalue weighted by atomic mass is 9.84. The number of allylic oxidation sites excluding steroid dienone is 1. The molecule has 0 aromatic rings. The smallest absolute Gasteiger partial charge is 0.0790 e. The fraction of sp³-hybridized carbons (Fsp3) is 0.600. The molecule has 0 saturated heterocycles. The number of aliphatic hydroxyl groups excluding tert-OH is 1. The molecule has 0 amide bonds. The molecule has 11 heavy (non-hydrogen) atoms. The summed E-state index contributed by atoms with van der Waals surface area (Å²) < 4.78 is 0. The van der Waals surface area contributed by atoms with Crippen molar-refractivity contribution in [1.82, 2.24) is 0 Å². The van der Waals surface area contributed by atoms with E-state index in [9.17, 15) is 5.11 Å². The van der Waals surface area contributed by atoms with Gasteiger partial charge in [0.15, 0.2) is 0 Å². The van der Waals surface area contributed by atoms with E-state index in [-0.39, 0.29) is 6.10 Å². The van der Waals surface area contributed by atoms with Gasteiger partial charge in [0, 0.05) is 0 Å². The molecule has 1 rings (SSSR count). The second-order valence-corrected chi connectivity index (χ2v) is 3.59. The summed E-state index contributed by atoms with van der Waals surface area (Å²) in [5, 5.41) is 9.45. The Kier molecular flexibility index (Phi) is 2.50. The van der Waals surface area contributed by atoms with E-state index in [1.165, 1.54) is 0 Å². The topological polar surface area (TPSA) is 20.2 Å². The van der Waals surface area contributed by atoms with Crippen molar-refractivity contribution in [3.8, 4) is 0 Å². The Hall–Kier alpha value is -0.560. The number of rotatable bonds is 1. The lowest BCUT2D eigenvalue weighted by Crippen LogP contribution is -2.20. The molecule has 0 aliphatic heterocycles. The minimum Gasteiger partial charge on any atom is -0.388 e. The molecule has 0 aromatic heterocycles. The maximum Gasteiger partial charge on any atom is 0.0790 e. The molecule has 0 aromatic carbocycles. The predicted octanol–water partition coefficient (Wildman–Crippen LogP) is 2.14. The number of hydrogen-bond acceptors (Lipinski definition) is 1. The molecular weight excluding hydrogens is 136 g/mol. The summed E-state index contributed by atoms with van der Waals surface area (Å²) in [5.74, 6) is 1.14. The SMILES string of the molecule is C=C1C=CC(C(C)C)CC1O. The largest absolute Gasteiger partial charge is 0.388 e. The van der Waals surface area contributed by atoms with E-state index in [0.717, 1.165) is 12.0 Å². The number of hydrogen-bond donors (Lipinski definition) is 1. The normalized spacial score (nSPS) is 31.5. The molecule has 1 heteroatoms. The minimum atomic E-state index is -0.313. The van der Waals surface area contributed by atoms with Crippen LogP contribution in [0.2, 0.25) is 0 Å². The van der Waals surface area contributed by atoms with Gasteiger partial charge in [0.2, 0.25) is 0 Å². The van der Waals surface area contributed by atoms with Crippen LogP contribution in [0.4, 0.5) is 0 Å². The van der Waals surface area contributed by atoms with Crippen LogP contribution in [0.5, 0.6) is 0 Å². The summed E-state index contributed by atoms with van der Waals surface area (Å²) in [6.07, 6.45) is 4.62. The summed E-state index contributed by atoms with van der Waals surface area (Å²) in [4.78, 5) is 0. The highest BCUT2D eigenvalue weighted by Crippen LogP contribution is 2.26. The van der Waals surface area contributed by atoms with Gasteiger partial charge in [-0.05, 0) is 23.8 Å². The third-order valence-corrected chi connectivity index (χ3v) is 2.34. The van der Waals surface area contributed by atoms with Crippen LogP contribution in [-0.2, 0) is 0 Å². The summed E-state index contributed by atoms with van der Waals surface area (Å²) in [5.41, 5.74) is 0.849. The zero-order chi connectivity index (χ0) is 8.43. The van der Waals surface area contributed by atoms with E-state index < -0.39 is 0 Å². The van der Waals surface area contributed by atoms with Gasteiger partial charge in [-0.15, -0.1) is 0 Å². The highest BCUT2D eigenvalue weighted by molar-refractivity contribution is 5.23. The molecule has 1 aliphatic carbocycles. The van der Waals surface area contributed by atoms with Gasteiger partial charge in [0.05, 0.1) is 6.10 Å². The van der Waals surface area contributed by atoms with Crippen LogP contribution in [0.1, 0.15) is 20.3 Å². The molecule has 0 bridgehead atoms. The Labute approximate surface area is 68.4 Å². The Morgan fingerprint density at radius 2 is 2.27 bits per heavy atom. The highest BCUT2D eigenvalue weighted by atomic mass is 16.3. The first-order valence-electron chi connectivity index (χ1n) is 4.16. The molecule has 1 aliphatic rings. The summed E-state index contributed by atoms with van der Waals surface area (Å²) in [6.45, 7) is 8.10. The predicted molar refractivity (Wildman–Crippen MR) is 47.2 cm³/mol. The van der Waals surface area contributed by atoms with Gasteiger partial charge in [-0.25, -0.2) is 0 Å². The van der Waals surface area contributed by atoms with Crippen LogP contribution in [0, 0.1) is 11.8 Å². The average molecular weight is 152 g/mol. The third-order valence-electron chi connectivity index (χ3n) is 2.34. The van der Waals surface area contributed by atoms with Crippen LogP contribution >= 0.6 is 0 Å². The molecule has 2 unspecified atom stereocenters. The van der Waals surface area contributed by atoms with Crippen molar-refractivity contribution in [3.05, 3.63) is 24.3 Å². The first kappa shape index (κ1) is 8.54. The van der Waals surface area contributed by atoms with Gasteiger partial charge in [-0.1, -0.05) is 32.6 Å². The van der Waals surface area contributed by atoms with E-state index >= 15 is 0 Å². The molecule has 0 heterocycles. The minimum absolute atomic E-state index is 0.313. The van der Waals surface area contributed by atoms with Crippen molar-refractivity contribution < 1.29 is 5.11 Å². The lowest BCUT2D eigenvalue weighted by Gasteiger charge is -2.25. The zero-order valence-electron chi connectivity index (χ0n) is 7.25.